The van der Waals surface area contributed by atoms with Crippen LogP contribution in [0.25, 0.3) is 0 Å². The third kappa shape index (κ3) is 3.78. The van der Waals surface area contributed by atoms with Gasteiger partial charge in [-0.25, -0.2) is 0 Å². The molecule has 0 aliphatic rings. The summed E-state index contributed by atoms with van der Waals surface area (Å²) in [6.45, 7) is 3.51. The zero-order chi connectivity index (χ0) is 11.3. The van der Waals surface area contributed by atoms with Crippen LogP contribution in [-0.4, -0.2) is 29.2 Å². The number of halogens is 2. The molecule has 0 aromatic carbocycles. The van der Waals surface area contributed by atoms with Crippen molar-refractivity contribution in [2.24, 2.45) is 0 Å². The van der Waals surface area contributed by atoms with Crippen LogP contribution < -0.4 is 0 Å². The average molecular weight is 311 g/mol. The highest BCUT2D eigenvalue weighted by atomic mass is 79.9. The first kappa shape index (κ1) is 13.0. The summed E-state index contributed by atoms with van der Waals surface area (Å²) < 4.78 is 0.662. The van der Waals surface area contributed by atoms with E-state index in [-0.39, 0.29) is 5.91 Å². The minimum Gasteiger partial charge on any atom is -0.338 e. The van der Waals surface area contributed by atoms with Crippen LogP contribution in [0.2, 0.25) is 4.34 Å². The van der Waals surface area contributed by atoms with Crippen LogP contribution in [0.3, 0.4) is 0 Å². The van der Waals surface area contributed by atoms with E-state index in [1.165, 1.54) is 11.3 Å². The summed E-state index contributed by atoms with van der Waals surface area (Å²) in [4.78, 5) is 14.5. The summed E-state index contributed by atoms with van der Waals surface area (Å²) in [5.74, 6) is 0.0790. The molecule has 0 aliphatic carbocycles. The molecule has 0 unspecified atom stereocenters. The quantitative estimate of drug-likeness (QED) is 0.760. The summed E-state index contributed by atoms with van der Waals surface area (Å²) in [5, 5.41) is 0.919. The monoisotopic (exact) mass is 309 g/mol. The van der Waals surface area contributed by atoms with E-state index >= 15 is 0 Å². The Bertz CT molecular complexity index is 329. The zero-order valence-corrected chi connectivity index (χ0v) is 11.7. The third-order valence-corrected chi connectivity index (χ3v) is 3.79. The summed E-state index contributed by atoms with van der Waals surface area (Å²) in [6, 6.07) is 3.55. The van der Waals surface area contributed by atoms with Gasteiger partial charge in [0.05, 0.1) is 9.21 Å². The predicted octanol–water partition coefficient (Wildman–Crippen LogP) is 3.65. The van der Waals surface area contributed by atoms with Gasteiger partial charge in [0.25, 0.3) is 5.91 Å². The lowest BCUT2D eigenvalue weighted by atomic mass is 10.3. The van der Waals surface area contributed by atoms with Crippen molar-refractivity contribution in [3.05, 3.63) is 21.3 Å². The van der Waals surface area contributed by atoms with Crippen molar-refractivity contribution < 1.29 is 4.79 Å². The van der Waals surface area contributed by atoms with Crippen molar-refractivity contribution in [1.82, 2.24) is 4.90 Å². The maximum Gasteiger partial charge on any atom is 0.263 e. The second kappa shape index (κ2) is 6.51. The summed E-state index contributed by atoms with van der Waals surface area (Å²) >= 11 is 10.5. The SMILES string of the molecule is CCN(CCCBr)C(=O)c1ccc(Cl)s1. The molecule has 5 heteroatoms. The van der Waals surface area contributed by atoms with Gasteiger partial charge in [-0.3, -0.25) is 4.79 Å². The van der Waals surface area contributed by atoms with Crippen LogP contribution in [0.1, 0.15) is 23.0 Å². The molecule has 84 valence electrons. The molecular formula is C10H13BrClNOS. The number of thiophene rings is 1. The Morgan fingerprint density at radius 1 is 1.60 bits per heavy atom. The van der Waals surface area contributed by atoms with Crippen LogP contribution in [-0.2, 0) is 0 Å². The van der Waals surface area contributed by atoms with Crippen LogP contribution in [0.15, 0.2) is 12.1 Å². The van der Waals surface area contributed by atoms with Crippen LogP contribution >= 0.6 is 38.9 Å². The van der Waals surface area contributed by atoms with E-state index in [1.807, 2.05) is 11.8 Å². The van der Waals surface area contributed by atoms with Crippen molar-refractivity contribution in [3.8, 4) is 0 Å². The first-order chi connectivity index (χ1) is 7.19. The van der Waals surface area contributed by atoms with Crippen molar-refractivity contribution in [3.63, 3.8) is 0 Å². The van der Waals surface area contributed by atoms with Gasteiger partial charge in [0, 0.05) is 18.4 Å². The van der Waals surface area contributed by atoms with Crippen molar-refractivity contribution in [2.75, 3.05) is 18.4 Å². The third-order valence-electron chi connectivity index (χ3n) is 2.01. The van der Waals surface area contributed by atoms with Crippen LogP contribution in [0.4, 0.5) is 0 Å². The van der Waals surface area contributed by atoms with Gasteiger partial charge in [-0.1, -0.05) is 27.5 Å². The van der Waals surface area contributed by atoms with Gasteiger partial charge in [0.15, 0.2) is 0 Å². The van der Waals surface area contributed by atoms with Crippen molar-refractivity contribution in [2.45, 2.75) is 13.3 Å². The van der Waals surface area contributed by atoms with Gasteiger partial charge >= 0.3 is 0 Å². The number of hydrogen-bond donors (Lipinski definition) is 0. The maximum atomic E-state index is 12.0. The molecular weight excluding hydrogens is 298 g/mol. The summed E-state index contributed by atoms with van der Waals surface area (Å²) in [7, 11) is 0. The van der Waals surface area contributed by atoms with Crippen LogP contribution in [0, 0.1) is 0 Å². The Morgan fingerprint density at radius 2 is 2.33 bits per heavy atom. The molecule has 0 atom stereocenters. The van der Waals surface area contributed by atoms with Gasteiger partial charge in [-0.05, 0) is 25.5 Å². The van der Waals surface area contributed by atoms with Gasteiger partial charge < -0.3 is 4.90 Å². The number of nitrogens with zero attached hydrogens (tertiary/aromatic N) is 1. The minimum atomic E-state index is 0.0790. The lowest BCUT2D eigenvalue weighted by Gasteiger charge is -2.19. The molecule has 0 aliphatic heterocycles. The molecule has 0 bridgehead atoms. The molecule has 1 amide bonds. The first-order valence-electron chi connectivity index (χ1n) is 4.79. The Labute approximate surface area is 107 Å². The molecule has 1 aromatic heterocycles. The molecule has 1 aromatic rings. The van der Waals surface area contributed by atoms with Crippen molar-refractivity contribution in [1.29, 1.82) is 0 Å². The molecule has 1 rings (SSSR count). The molecule has 0 saturated heterocycles. The number of rotatable bonds is 5. The van der Waals surface area contributed by atoms with E-state index in [9.17, 15) is 4.79 Å². The van der Waals surface area contributed by atoms with Gasteiger partial charge in [0.2, 0.25) is 0 Å². The number of alkyl halides is 1. The van der Waals surface area contributed by atoms with E-state index in [0.717, 1.165) is 29.7 Å². The Kier molecular flexibility index (Phi) is 5.64. The molecule has 2 nitrogen and oxygen atoms in total. The number of amides is 1. The number of hydrogen-bond acceptors (Lipinski definition) is 2. The molecule has 0 radical (unpaired) electrons. The highest BCUT2D eigenvalue weighted by Crippen LogP contribution is 2.22. The van der Waals surface area contributed by atoms with E-state index < -0.39 is 0 Å². The second-order valence-corrected chi connectivity index (χ2v) is 5.54. The molecule has 15 heavy (non-hydrogen) atoms. The van der Waals surface area contributed by atoms with Crippen LogP contribution in [0.5, 0.6) is 0 Å². The minimum absolute atomic E-state index is 0.0790. The lowest BCUT2D eigenvalue weighted by Crippen LogP contribution is -2.31. The highest BCUT2D eigenvalue weighted by Gasteiger charge is 2.15. The van der Waals surface area contributed by atoms with E-state index in [0.29, 0.717) is 4.34 Å². The molecule has 1 heterocycles. The predicted molar refractivity (Wildman–Crippen MR) is 69.3 cm³/mol. The first-order valence-corrected chi connectivity index (χ1v) is 7.11. The van der Waals surface area contributed by atoms with Crippen molar-refractivity contribution >= 4 is 44.8 Å². The summed E-state index contributed by atoms with van der Waals surface area (Å²) in [5.41, 5.74) is 0. The van der Waals surface area contributed by atoms with E-state index in [1.54, 1.807) is 12.1 Å². The normalized spacial score (nSPS) is 10.3. The van der Waals surface area contributed by atoms with Gasteiger partial charge in [-0.2, -0.15) is 0 Å². The smallest absolute Gasteiger partial charge is 0.263 e. The Hall–Kier alpha value is -0.0600. The Balaban J connectivity index is 2.64. The highest BCUT2D eigenvalue weighted by molar-refractivity contribution is 9.09. The lowest BCUT2D eigenvalue weighted by molar-refractivity contribution is 0.0770. The second-order valence-electron chi connectivity index (χ2n) is 3.03. The standard InChI is InChI=1S/C10H13BrClNOS/c1-2-13(7-3-6-11)10(14)8-4-5-9(12)15-8/h4-5H,2-3,6-7H2,1H3. The molecule has 0 spiro atoms. The zero-order valence-electron chi connectivity index (χ0n) is 8.50. The van der Waals surface area contributed by atoms with Gasteiger partial charge in [-0.15, -0.1) is 11.3 Å². The molecule has 0 N–H and O–H groups in total. The van der Waals surface area contributed by atoms with Gasteiger partial charge in [0.1, 0.15) is 0 Å². The van der Waals surface area contributed by atoms with E-state index in [4.69, 9.17) is 11.6 Å². The fourth-order valence-corrected chi connectivity index (χ4v) is 2.50. The Morgan fingerprint density at radius 3 is 2.80 bits per heavy atom. The average Bonchev–Trinajstić information content (AvgIpc) is 2.65. The molecule has 0 saturated carbocycles. The fourth-order valence-electron chi connectivity index (χ4n) is 1.24. The maximum absolute atomic E-state index is 12.0. The largest absolute Gasteiger partial charge is 0.338 e. The fraction of sp³-hybridized carbons (Fsp3) is 0.500. The number of carbonyl (C=O) groups is 1. The van der Waals surface area contributed by atoms with E-state index in [2.05, 4.69) is 15.9 Å². The molecule has 0 fully saturated rings. The number of carbonyl (C=O) groups excluding carboxylic acids is 1. The topological polar surface area (TPSA) is 20.3 Å². The summed E-state index contributed by atoms with van der Waals surface area (Å²) in [6.07, 6.45) is 0.971.